The highest BCUT2D eigenvalue weighted by Crippen LogP contribution is 2.44. The highest BCUT2D eigenvalue weighted by molar-refractivity contribution is 5.86. The van der Waals surface area contributed by atoms with Gasteiger partial charge in [-0.3, -0.25) is 4.79 Å². The van der Waals surface area contributed by atoms with Crippen molar-refractivity contribution in [2.75, 3.05) is 24.5 Å². The number of aromatic nitrogens is 1. The second-order valence-corrected chi connectivity index (χ2v) is 8.88. The van der Waals surface area contributed by atoms with Gasteiger partial charge in [-0.05, 0) is 70.4 Å². The van der Waals surface area contributed by atoms with Crippen molar-refractivity contribution in [2.24, 2.45) is 5.41 Å². The maximum absolute atomic E-state index is 13.5. The molecule has 0 bridgehead atoms. The van der Waals surface area contributed by atoms with Crippen molar-refractivity contribution in [3.05, 3.63) is 28.7 Å². The molecule has 1 amide bonds. The Bertz CT molecular complexity index is 809. The SMILES string of the molecule is [C-]#[N+]c1c(C)cc(C)nc1N1CCC[C@]2(CCN(C3CCC(O)CC3)C2=O)C1. The summed E-state index contributed by atoms with van der Waals surface area (Å²) in [5, 5.41) is 9.79. The van der Waals surface area contributed by atoms with E-state index in [1.807, 2.05) is 19.9 Å². The van der Waals surface area contributed by atoms with Gasteiger partial charge in [0.2, 0.25) is 11.6 Å². The number of carbonyl (C=O) groups is 1. The Hall–Kier alpha value is -2.13. The fourth-order valence-corrected chi connectivity index (χ4v) is 5.43. The number of rotatable bonds is 2. The van der Waals surface area contributed by atoms with Gasteiger partial charge in [0.1, 0.15) is 5.82 Å². The van der Waals surface area contributed by atoms with Crippen LogP contribution in [-0.2, 0) is 4.79 Å². The number of aryl methyl sites for hydroxylation is 2. The summed E-state index contributed by atoms with van der Waals surface area (Å²) in [4.78, 5) is 26.2. The normalized spacial score (nSPS) is 30.7. The molecular formula is C22H30N4O2. The summed E-state index contributed by atoms with van der Waals surface area (Å²) in [5.74, 6) is 1.03. The lowest BCUT2D eigenvalue weighted by Crippen LogP contribution is -2.50. The molecule has 6 nitrogen and oxygen atoms in total. The summed E-state index contributed by atoms with van der Waals surface area (Å²) in [6.45, 7) is 13.9. The molecule has 1 aliphatic carbocycles. The third kappa shape index (κ3) is 3.26. The minimum atomic E-state index is -0.340. The first-order chi connectivity index (χ1) is 13.4. The fourth-order valence-electron chi connectivity index (χ4n) is 5.43. The van der Waals surface area contributed by atoms with Crippen LogP contribution in [0.15, 0.2) is 6.07 Å². The van der Waals surface area contributed by atoms with Crippen LogP contribution >= 0.6 is 0 Å². The lowest BCUT2D eigenvalue weighted by atomic mass is 9.78. The first-order valence-corrected chi connectivity index (χ1v) is 10.5. The van der Waals surface area contributed by atoms with E-state index in [4.69, 9.17) is 6.57 Å². The smallest absolute Gasteiger partial charge is 0.231 e. The van der Waals surface area contributed by atoms with Gasteiger partial charge in [-0.1, -0.05) is 0 Å². The molecule has 0 radical (unpaired) electrons. The molecule has 28 heavy (non-hydrogen) atoms. The Morgan fingerprint density at radius 3 is 2.68 bits per heavy atom. The summed E-state index contributed by atoms with van der Waals surface area (Å²) in [5.41, 5.74) is 2.15. The Morgan fingerprint density at radius 1 is 1.21 bits per heavy atom. The van der Waals surface area contributed by atoms with Crippen LogP contribution < -0.4 is 4.90 Å². The molecule has 1 aromatic heterocycles. The van der Waals surface area contributed by atoms with Crippen LogP contribution in [0.2, 0.25) is 0 Å². The van der Waals surface area contributed by atoms with Gasteiger partial charge in [0.25, 0.3) is 0 Å². The van der Waals surface area contributed by atoms with Crippen molar-refractivity contribution >= 4 is 17.4 Å². The predicted molar refractivity (Wildman–Crippen MR) is 108 cm³/mol. The number of piperidine rings is 1. The molecule has 2 saturated heterocycles. The van der Waals surface area contributed by atoms with E-state index >= 15 is 0 Å². The Kier molecular flexibility index (Phi) is 5.05. The molecular weight excluding hydrogens is 352 g/mol. The molecule has 0 aromatic carbocycles. The van der Waals surface area contributed by atoms with E-state index in [2.05, 4.69) is 19.6 Å². The van der Waals surface area contributed by atoms with Crippen LogP contribution in [0.4, 0.5) is 11.5 Å². The van der Waals surface area contributed by atoms with E-state index in [0.29, 0.717) is 12.2 Å². The van der Waals surface area contributed by atoms with E-state index in [1.165, 1.54) is 0 Å². The minimum Gasteiger partial charge on any atom is -0.393 e. The monoisotopic (exact) mass is 382 g/mol. The molecule has 1 saturated carbocycles. The third-order valence-corrected chi connectivity index (χ3v) is 6.93. The first kappa shape index (κ1) is 19.2. The highest BCUT2D eigenvalue weighted by atomic mass is 16.3. The zero-order valence-electron chi connectivity index (χ0n) is 16.9. The van der Waals surface area contributed by atoms with Crippen LogP contribution in [0.1, 0.15) is 56.2 Å². The Balaban J connectivity index is 1.56. The van der Waals surface area contributed by atoms with Crippen molar-refractivity contribution in [3.8, 4) is 0 Å². The zero-order chi connectivity index (χ0) is 19.9. The van der Waals surface area contributed by atoms with Crippen molar-refractivity contribution in [3.63, 3.8) is 0 Å². The summed E-state index contributed by atoms with van der Waals surface area (Å²) in [6.07, 6.45) is 5.99. The number of likely N-dealkylation sites (tertiary alicyclic amines) is 1. The zero-order valence-corrected chi connectivity index (χ0v) is 16.9. The molecule has 3 fully saturated rings. The van der Waals surface area contributed by atoms with E-state index in [9.17, 15) is 9.90 Å². The second-order valence-electron chi connectivity index (χ2n) is 8.88. The number of amides is 1. The van der Waals surface area contributed by atoms with E-state index in [1.54, 1.807) is 0 Å². The fraction of sp³-hybridized carbons (Fsp3) is 0.682. The second kappa shape index (κ2) is 7.36. The van der Waals surface area contributed by atoms with Crippen LogP contribution in [0.25, 0.3) is 4.85 Å². The lowest BCUT2D eigenvalue weighted by molar-refractivity contribution is -0.139. The average Bonchev–Trinajstić information content (AvgIpc) is 2.98. The number of aliphatic hydroxyl groups excluding tert-OH is 1. The van der Waals surface area contributed by atoms with Crippen LogP contribution in [-0.4, -0.2) is 52.7 Å². The Labute approximate surface area is 167 Å². The summed E-state index contributed by atoms with van der Waals surface area (Å²) < 4.78 is 0. The maximum atomic E-state index is 13.5. The van der Waals surface area contributed by atoms with Crippen molar-refractivity contribution < 1.29 is 9.90 Å². The topological polar surface area (TPSA) is 61.0 Å². The van der Waals surface area contributed by atoms with Gasteiger partial charge in [-0.25, -0.2) is 9.83 Å². The van der Waals surface area contributed by atoms with Gasteiger partial charge in [-0.15, -0.1) is 0 Å². The summed E-state index contributed by atoms with van der Waals surface area (Å²) >= 11 is 0. The van der Waals surface area contributed by atoms with Gasteiger partial charge in [0.15, 0.2) is 0 Å². The molecule has 1 spiro atoms. The van der Waals surface area contributed by atoms with Crippen LogP contribution in [0.5, 0.6) is 0 Å². The van der Waals surface area contributed by atoms with E-state index < -0.39 is 0 Å². The van der Waals surface area contributed by atoms with Gasteiger partial charge < -0.3 is 14.9 Å². The standard InChI is InChI=1S/C22H30N4O2/c1-15-13-16(2)24-20(19(15)23-3)25-11-4-9-22(14-25)10-12-26(21(22)28)17-5-7-18(27)8-6-17/h13,17-18,27H,4-12,14H2,1-2H3/t17?,18?,22-/m0/s1. The highest BCUT2D eigenvalue weighted by Gasteiger charge is 2.51. The predicted octanol–water partition coefficient (Wildman–Crippen LogP) is 3.37. The quantitative estimate of drug-likeness (QED) is 0.797. The van der Waals surface area contributed by atoms with E-state index in [-0.39, 0.29) is 23.5 Å². The van der Waals surface area contributed by atoms with Crippen LogP contribution in [0, 0.1) is 25.8 Å². The molecule has 150 valence electrons. The first-order valence-electron chi connectivity index (χ1n) is 10.5. The molecule has 3 aliphatic rings. The maximum Gasteiger partial charge on any atom is 0.231 e. The number of aliphatic hydroxyl groups is 1. The largest absolute Gasteiger partial charge is 0.393 e. The molecule has 3 heterocycles. The molecule has 4 rings (SSSR count). The van der Waals surface area contributed by atoms with Crippen molar-refractivity contribution in [1.82, 2.24) is 9.88 Å². The number of pyridine rings is 1. The minimum absolute atomic E-state index is 0.198. The van der Waals surface area contributed by atoms with Gasteiger partial charge in [-0.2, -0.15) is 0 Å². The number of nitrogens with zero attached hydrogens (tertiary/aromatic N) is 4. The Morgan fingerprint density at radius 2 is 1.96 bits per heavy atom. The molecule has 2 aliphatic heterocycles. The number of anilines is 1. The summed E-state index contributed by atoms with van der Waals surface area (Å²) in [6, 6.07) is 2.24. The van der Waals surface area contributed by atoms with E-state index in [0.717, 1.165) is 75.1 Å². The number of hydrogen-bond donors (Lipinski definition) is 1. The van der Waals surface area contributed by atoms with Crippen molar-refractivity contribution in [1.29, 1.82) is 0 Å². The van der Waals surface area contributed by atoms with Gasteiger partial charge in [0, 0.05) is 31.4 Å². The van der Waals surface area contributed by atoms with Crippen LogP contribution in [0.3, 0.4) is 0 Å². The lowest BCUT2D eigenvalue weighted by Gasteiger charge is -2.41. The third-order valence-electron chi connectivity index (χ3n) is 6.93. The molecule has 1 atom stereocenters. The number of hydrogen-bond acceptors (Lipinski definition) is 4. The molecule has 0 unspecified atom stereocenters. The van der Waals surface area contributed by atoms with Gasteiger partial charge in [0.05, 0.1) is 18.1 Å². The molecule has 1 N–H and O–H groups in total. The average molecular weight is 383 g/mol. The molecule has 6 heteroatoms. The number of carbonyl (C=O) groups excluding carboxylic acids is 1. The van der Waals surface area contributed by atoms with Gasteiger partial charge >= 0.3 is 0 Å². The summed E-state index contributed by atoms with van der Waals surface area (Å²) in [7, 11) is 0. The molecule has 1 aromatic rings. The van der Waals surface area contributed by atoms with Crippen molar-refractivity contribution in [2.45, 2.75) is 70.9 Å².